The molecule has 152 valence electrons. The van der Waals surface area contributed by atoms with Crippen molar-refractivity contribution in [3.63, 3.8) is 0 Å². The normalized spacial score (nSPS) is 17.1. The lowest BCUT2D eigenvalue weighted by atomic mass is 9.92. The zero-order valence-corrected chi connectivity index (χ0v) is 16.9. The summed E-state index contributed by atoms with van der Waals surface area (Å²) < 4.78 is 19.3. The second-order valence-electron chi connectivity index (χ2n) is 8.54. The van der Waals surface area contributed by atoms with E-state index in [0.29, 0.717) is 30.3 Å². The first kappa shape index (κ1) is 19.4. The summed E-state index contributed by atoms with van der Waals surface area (Å²) >= 11 is 0. The van der Waals surface area contributed by atoms with Gasteiger partial charge < -0.3 is 9.32 Å². The molecule has 3 heterocycles. The number of aromatic nitrogens is 3. The number of hydrogen-bond donors (Lipinski definition) is 1. The van der Waals surface area contributed by atoms with Gasteiger partial charge in [0.05, 0.1) is 6.20 Å². The Hall–Kier alpha value is -2.96. The molecule has 2 aromatic heterocycles. The van der Waals surface area contributed by atoms with Crippen molar-refractivity contribution >= 4 is 5.91 Å². The lowest BCUT2D eigenvalue weighted by Gasteiger charge is -2.21. The summed E-state index contributed by atoms with van der Waals surface area (Å²) in [6.45, 7) is 6.85. The maximum Gasteiger partial charge on any atom is 0.275 e. The van der Waals surface area contributed by atoms with Crippen LogP contribution in [0.2, 0.25) is 0 Å². The quantitative estimate of drug-likeness (QED) is 0.709. The van der Waals surface area contributed by atoms with E-state index in [9.17, 15) is 9.18 Å². The molecule has 29 heavy (non-hydrogen) atoms. The van der Waals surface area contributed by atoms with Crippen molar-refractivity contribution in [3.05, 3.63) is 70.9 Å². The van der Waals surface area contributed by atoms with Crippen LogP contribution in [0.3, 0.4) is 0 Å². The number of nitrogens with zero attached hydrogens (tertiary/aromatic N) is 3. The molecule has 1 N–H and O–H groups in total. The molecule has 0 radical (unpaired) electrons. The van der Waals surface area contributed by atoms with Crippen LogP contribution in [0.5, 0.6) is 0 Å². The Morgan fingerprint density at radius 2 is 2.17 bits per heavy atom. The lowest BCUT2D eigenvalue weighted by Crippen LogP contribution is -2.31. The van der Waals surface area contributed by atoms with E-state index in [0.717, 1.165) is 24.1 Å². The van der Waals surface area contributed by atoms with Crippen LogP contribution in [-0.4, -0.2) is 32.5 Å². The van der Waals surface area contributed by atoms with Gasteiger partial charge >= 0.3 is 0 Å². The van der Waals surface area contributed by atoms with Gasteiger partial charge in [0.25, 0.3) is 5.91 Å². The molecule has 1 unspecified atom stereocenters. The van der Waals surface area contributed by atoms with Crippen molar-refractivity contribution in [1.29, 1.82) is 0 Å². The molecule has 1 aliphatic rings. The smallest absolute Gasteiger partial charge is 0.275 e. The highest BCUT2D eigenvalue weighted by molar-refractivity contribution is 5.92. The maximum absolute atomic E-state index is 13.4. The van der Waals surface area contributed by atoms with E-state index in [1.165, 1.54) is 12.1 Å². The van der Waals surface area contributed by atoms with Crippen LogP contribution in [0.1, 0.15) is 73.1 Å². The van der Waals surface area contributed by atoms with Crippen LogP contribution in [0.25, 0.3) is 0 Å². The predicted molar refractivity (Wildman–Crippen MR) is 106 cm³/mol. The molecule has 6 nitrogen and oxygen atoms in total. The van der Waals surface area contributed by atoms with E-state index < -0.39 is 0 Å². The Balaban J connectivity index is 1.50. The number of oxazole rings is 1. The van der Waals surface area contributed by atoms with Crippen LogP contribution in [0.15, 0.2) is 40.9 Å². The monoisotopic (exact) mass is 396 g/mol. The van der Waals surface area contributed by atoms with Gasteiger partial charge in [-0.15, -0.1) is 0 Å². The van der Waals surface area contributed by atoms with E-state index in [-0.39, 0.29) is 23.2 Å². The zero-order chi connectivity index (χ0) is 20.6. The molecule has 0 spiro atoms. The van der Waals surface area contributed by atoms with E-state index in [1.807, 2.05) is 12.1 Å². The summed E-state index contributed by atoms with van der Waals surface area (Å²) in [5, 5.41) is 7.20. The summed E-state index contributed by atoms with van der Waals surface area (Å²) in [6.07, 6.45) is 3.80. The molecule has 1 aliphatic heterocycles. The average Bonchev–Trinajstić information content (AvgIpc) is 3.40. The summed E-state index contributed by atoms with van der Waals surface area (Å²) in [5.41, 5.74) is 2.04. The number of nitrogens with one attached hydrogen (secondary N) is 1. The Kier molecular flexibility index (Phi) is 4.98. The van der Waals surface area contributed by atoms with Crippen LogP contribution >= 0.6 is 0 Å². The van der Waals surface area contributed by atoms with E-state index in [2.05, 4.69) is 36.0 Å². The van der Waals surface area contributed by atoms with Crippen LogP contribution in [0.4, 0.5) is 4.39 Å². The lowest BCUT2D eigenvalue weighted by molar-refractivity contribution is 0.0708. The Bertz CT molecular complexity index is 1020. The largest absolute Gasteiger partial charge is 0.443 e. The van der Waals surface area contributed by atoms with Crippen molar-refractivity contribution in [3.8, 4) is 0 Å². The van der Waals surface area contributed by atoms with Crippen molar-refractivity contribution in [2.75, 3.05) is 6.54 Å². The third-order valence-electron chi connectivity index (χ3n) is 5.24. The first-order valence-corrected chi connectivity index (χ1v) is 9.87. The molecule has 1 saturated heterocycles. The standard InChI is InChI=1S/C22H25FN4O2/c1-22(2,3)19-12-17(25-26-19)21(28)27-9-5-8-18(27)20-24-13-16(29-20)11-14-6-4-7-15(23)10-14/h4,6-7,10,12-13,18H,5,8-9,11H2,1-3H3,(H,25,26). The van der Waals surface area contributed by atoms with Crippen molar-refractivity contribution in [2.24, 2.45) is 0 Å². The van der Waals surface area contributed by atoms with Gasteiger partial charge in [-0.2, -0.15) is 5.10 Å². The number of rotatable bonds is 4. The Labute approximate surface area is 169 Å². The first-order valence-electron chi connectivity index (χ1n) is 9.87. The SMILES string of the molecule is CC(C)(C)c1cc(C(=O)N2CCCC2c2ncc(Cc3cccc(F)c3)o2)n[nH]1. The van der Waals surface area contributed by atoms with E-state index in [4.69, 9.17) is 4.42 Å². The highest BCUT2D eigenvalue weighted by Gasteiger charge is 2.35. The van der Waals surface area contributed by atoms with Crippen LogP contribution in [0, 0.1) is 5.82 Å². The van der Waals surface area contributed by atoms with Gasteiger partial charge in [0.2, 0.25) is 5.89 Å². The summed E-state index contributed by atoms with van der Waals surface area (Å²) in [4.78, 5) is 19.2. The van der Waals surface area contributed by atoms with Gasteiger partial charge in [-0.1, -0.05) is 32.9 Å². The van der Waals surface area contributed by atoms with Gasteiger partial charge in [0.1, 0.15) is 23.3 Å². The number of carbonyl (C=O) groups excluding carboxylic acids is 1. The minimum atomic E-state index is -0.275. The first-order chi connectivity index (χ1) is 13.8. The van der Waals surface area contributed by atoms with Gasteiger partial charge in [-0.05, 0) is 36.6 Å². The molecule has 7 heteroatoms. The minimum Gasteiger partial charge on any atom is -0.443 e. The Morgan fingerprint density at radius 3 is 2.90 bits per heavy atom. The van der Waals surface area contributed by atoms with Crippen molar-refractivity contribution < 1.29 is 13.6 Å². The Morgan fingerprint density at radius 1 is 1.34 bits per heavy atom. The number of hydrogen-bond acceptors (Lipinski definition) is 4. The molecule has 1 fully saturated rings. The number of likely N-dealkylation sites (tertiary alicyclic amines) is 1. The number of benzene rings is 1. The molecule has 0 bridgehead atoms. The van der Waals surface area contributed by atoms with Crippen LogP contribution in [-0.2, 0) is 11.8 Å². The summed E-state index contributed by atoms with van der Waals surface area (Å²) in [7, 11) is 0. The fourth-order valence-corrected chi connectivity index (χ4v) is 3.64. The molecule has 3 aromatic rings. The van der Waals surface area contributed by atoms with Crippen molar-refractivity contribution in [2.45, 2.75) is 51.5 Å². The second-order valence-corrected chi connectivity index (χ2v) is 8.54. The second kappa shape index (κ2) is 7.46. The fourth-order valence-electron chi connectivity index (χ4n) is 3.64. The minimum absolute atomic E-state index is 0.107. The van der Waals surface area contributed by atoms with Crippen LogP contribution < -0.4 is 0 Å². The number of carbonyl (C=O) groups is 1. The summed E-state index contributed by atoms with van der Waals surface area (Å²) in [5.74, 6) is 0.779. The highest BCUT2D eigenvalue weighted by Crippen LogP contribution is 2.33. The number of H-pyrrole nitrogens is 1. The highest BCUT2D eigenvalue weighted by atomic mass is 19.1. The van der Waals surface area contributed by atoms with Gasteiger partial charge in [0, 0.05) is 24.1 Å². The topological polar surface area (TPSA) is 75.0 Å². The third-order valence-corrected chi connectivity index (χ3v) is 5.24. The molecular formula is C22H25FN4O2. The van der Waals surface area contributed by atoms with Crippen molar-refractivity contribution in [1.82, 2.24) is 20.1 Å². The van der Waals surface area contributed by atoms with E-state index in [1.54, 1.807) is 17.2 Å². The predicted octanol–water partition coefficient (Wildman–Crippen LogP) is 4.40. The average molecular weight is 396 g/mol. The molecule has 1 aromatic carbocycles. The van der Waals surface area contributed by atoms with Gasteiger partial charge in [0.15, 0.2) is 0 Å². The number of aromatic amines is 1. The molecule has 0 saturated carbocycles. The fraction of sp³-hybridized carbons (Fsp3) is 0.409. The molecular weight excluding hydrogens is 371 g/mol. The van der Waals surface area contributed by atoms with Gasteiger partial charge in [-0.3, -0.25) is 9.89 Å². The number of halogens is 1. The zero-order valence-electron chi connectivity index (χ0n) is 16.9. The molecule has 4 rings (SSSR count). The maximum atomic E-state index is 13.4. The third kappa shape index (κ3) is 4.09. The van der Waals surface area contributed by atoms with Gasteiger partial charge in [-0.25, -0.2) is 9.37 Å². The summed E-state index contributed by atoms with van der Waals surface area (Å²) in [6, 6.07) is 8.03. The van der Waals surface area contributed by atoms with E-state index >= 15 is 0 Å². The number of amides is 1. The molecule has 0 aliphatic carbocycles. The molecule has 1 amide bonds. The molecule has 1 atom stereocenters.